The normalized spacial score (nSPS) is 11.3. The van der Waals surface area contributed by atoms with E-state index in [9.17, 15) is 4.79 Å². The Morgan fingerprint density at radius 2 is 1.73 bits per heavy atom. The molecule has 0 saturated carbocycles. The Kier molecular flexibility index (Phi) is 6.63. The largest absolute Gasteiger partial charge is 0.321 e. The van der Waals surface area contributed by atoms with Gasteiger partial charge in [-0.2, -0.15) is 0 Å². The van der Waals surface area contributed by atoms with Gasteiger partial charge in [-0.3, -0.25) is 4.79 Å². The van der Waals surface area contributed by atoms with Gasteiger partial charge < -0.3 is 5.73 Å². The molecular formula is C13H21NO. The Morgan fingerprint density at radius 3 is 2.13 bits per heavy atom. The van der Waals surface area contributed by atoms with Gasteiger partial charge in [-0.05, 0) is 25.8 Å². The molecule has 0 fully saturated rings. The van der Waals surface area contributed by atoms with E-state index in [4.69, 9.17) is 5.73 Å². The summed E-state index contributed by atoms with van der Waals surface area (Å²) in [5.74, 6) is 0.0422. The molecule has 1 atom stereocenters. The Hall–Kier alpha value is -1.15. The Bertz CT molecular complexity index is 290. The molecule has 0 amide bonds. The van der Waals surface area contributed by atoms with Gasteiger partial charge in [0, 0.05) is 0 Å². The van der Waals surface area contributed by atoms with Crippen LogP contribution in [0.1, 0.15) is 31.9 Å². The Labute approximate surface area is 92.5 Å². The van der Waals surface area contributed by atoms with Crippen molar-refractivity contribution in [2.45, 2.75) is 40.2 Å². The van der Waals surface area contributed by atoms with Crippen molar-refractivity contribution >= 4 is 5.78 Å². The standard InChI is InChI=1S/C11H15NO.C2H6/c1-8-3-5-10(6-4-8)7-11(12)9(2)13;1-2/h3-6,11H,7,12H2,1-2H3;1-2H3. The zero-order valence-corrected chi connectivity index (χ0v) is 10.1. The fraction of sp³-hybridized carbons (Fsp3) is 0.462. The van der Waals surface area contributed by atoms with Crippen LogP contribution in [-0.2, 0) is 11.2 Å². The lowest BCUT2D eigenvalue weighted by molar-refractivity contribution is -0.118. The number of benzene rings is 1. The van der Waals surface area contributed by atoms with E-state index in [-0.39, 0.29) is 11.8 Å². The van der Waals surface area contributed by atoms with Gasteiger partial charge >= 0.3 is 0 Å². The minimum absolute atomic E-state index is 0.0422. The average molecular weight is 207 g/mol. The van der Waals surface area contributed by atoms with Gasteiger partial charge in [0.2, 0.25) is 0 Å². The van der Waals surface area contributed by atoms with Crippen LogP contribution in [0.5, 0.6) is 0 Å². The van der Waals surface area contributed by atoms with Crippen LogP contribution >= 0.6 is 0 Å². The molecule has 1 unspecified atom stereocenters. The van der Waals surface area contributed by atoms with Gasteiger partial charge in [0.15, 0.2) is 0 Å². The number of nitrogens with two attached hydrogens (primary N) is 1. The molecule has 0 spiro atoms. The first-order valence-electron chi connectivity index (χ1n) is 5.41. The monoisotopic (exact) mass is 207 g/mol. The Balaban J connectivity index is 0.000000921. The second-order valence-corrected chi connectivity index (χ2v) is 3.41. The molecule has 2 N–H and O–H groups in total. The van der Waals surface area contributed by atoms with E-state index < -0.39 is 0 Å². The van der Waals surface area contributed by atoms with Crippen molar-refractivity contribution in [2.24, 2.45) is 5.73 Å². The lowest BCUT2D eigenvalue weighted by atomic mass is 10.0. The number of Topliss-reactive ketones (excluding diaryl/α,β-unsaturated/α-hetero) is 1. The van der Waals surface area contributed by atoms with Crippen LogP contribution in [0.15, 0.2) is 24.3 Å². The Morgan fingerprint density at radius 1 is 1.27 bits per heavy atom. The van der Waals surface area contributed by atoms with Gasteiger partial charge in [-0.15, -0.1) is 0 Å². The lowest BCUT2D eigenvalue weighted by Crippen LogP contribution is -2.30. The van der Waals surface area contributed by atoms with Crippen LogP contribution < -0.4 is 5.73 Å². The van der Waals surface area contributed by atoms with Crippen molar-refractivity contribution < 1.29 is 4.79 Å². The summed E-state index contributed by atoms with van der Waals surface area (Å²) in [6.07, 6.45) is 0.635. The van der Waals surface area contributed by atoms with Gasteiger partial charge in [-0.1, -0.05) is 43.7 Å². The van der Waals surface area contributed by atoms with E-state index in [2.05, 4.69) is 0 Å². The molecular weight excluding hydrogens is 186 g/mol. The fourth-order valence-electron chi connectivity index (χ4n) is 1.12. The van der Waals surface area contributed by atoms with Crippen LogP contribution in [0.2, 0.25) is 0 Å². The minimum Gasteiger partial charge on any atom is -0.321 e. The first-order valence-corrected chi connectivity index (χ1v) is 5.41. The average Bonchev–Trinajstić information content (AvgIpc) is 2.24. The van der Waals surface area contributed by atoms with Gasteiger partial charge in [0.25, 0.3) is 0 Å². The van der Waals surface area contributed by atoms with Gasteiger partial charge in [0.1, 0.15) is 5.78 Å². The fourth-order valence-corrected chi connectivity index (χ4v) is 1.12. The summed E-state index contributed by atoms with van der Waals surface area (Å²) >= 11 is 0. The molecule has 1 rings (SSSR count). The highest BCUT2D eigenvalue weighted by atomic mass is 16.1. The van der Waals surface area contributed by atoms with E-state index in [1.54, 1.807) is 0 Å². The number of hydrogen-bond acceptors (Lipinski definition) is 2. The molecule has 84 valence electrons. The predicted molar refractivity (Wildman–Crippen MR) is 64.9 cm³/mol. The van der Waals surface area contributed by atoms with Crippen molar-refractivity contribution in [1.29, 1.82) is 0 Å². The third-order valence-electron chi connectivity index (χ3n) is 2.10. The maximum absolute atomic E-state index is 10.9. The van der Waals surface area contributed by atoms with E-state index in [1.165, 1.54) is 12.5 Å². The van der Waals surface area contributed by atoms with E-state index >= 15 is 0 Å². The maximum Gasteiger partial charge on any atom is 0.146 e. The second kappa shape index (κ2) is 7.18. The summed E-state index contributed by atoms with van der Waals surface area (Å²) in [5, 5.41) is 0. The van der Waals surface area contributed by atoms with E-state index in [1.807, 2.05) is 45.0 Å². The lowest BCUT2D eigenvalue weighted by Gasteiger charge is -2.07. The number of rotatable bonds is 3. The minimum atomic E-state index is -0.359. The highest BCUT2D eigenvalue weighted by molar-refractivity contribution is 5.81. The van der Waals surface area contributed by atoms with Gasteiger partial charge in [-0.25, -0.2) is 0 Å². The molecule has 0 bridgehead atoms. The van der Waals surface area contributed by atoms with Crippen molar-refractivity contribution in [3.63, 3.8) is 0 Å². The predicted octanol–water partition coefficient (Wildman–Crippen LogP) is 2.48. The summed E-state index contributed by atoms with van der Waals surface area (Å²) in [4.78, 5) is 10.9. The number of aryl methyl sites for hydroxylation is 1. The first kappa shape index (κ1) is 13.8. The number of hydrogen-bond donors (Lipinski definition) is 1. The molecule has 0 aliphatic rings. The van der Waals surface area contributed by atoms with Crippen LogP contribution in [-0.4, -0.2) is 11.8 Å². The van der Waals surface area contributed by atoms with E-state index in [0.717, 1.165) is 5.56 Å². The molecule has 0 aliphatic heterocycles. The van der Waals surface area contributed by atoms with E-state index in [0.29, 0.717) is 6.42 Å². The first-order chi connectivity index (χ1) is 7.09. The molecule has 0 radical (unpaired) electrons. The zero-order chi connectivity index (χ0) is 11.8. The summed E-state index contributed by atoms with van der Waals surface area (Å²) in [6, 6.07) is 7.73. The number of carbonyl (C=O) groups is 1. The molecule has 0 saturated heterocycles. The van der Waals surface area contributed by atoms with Crippen LogP contribution in [0.3, 0.4) is 0 Å². The maximum atomic E-state index is 10.9. The smallest absolute Gasteiger partial charge is 0.146 e. The van der Waals surface area contributed by atoms with Crippen molar-refractivity contribution in [3.05, 3.63) is 35.4 Å². The third-order valence-corrected chi connectivity index (χ3v) is 2.10. The molecule has 0 heterocycles. The van der Waals surface area contributed by atoms with Gasteiger partial charge in [0.05, 0.1) is 6.04 Å². The van der Waals surface area contributed by atoms with Crippen LogP contribution in [0, 0.1) is 6.92 Å². The summed E-state index contributed by atoms with van der Waals surface area (Å²) in [6.45, 7) is 7.56. The number of carbonyl (C=O) groups excluding carboxylic acids is 1. The SMILES string of the molecule is CC.CC(=O)C(N)Cc1ccc(C)cc1. The second-order valence-electron chi connectivity index (χ2n) is 3.41. The molecule has 0 aliphatic carbocycles. The summed E-state index contributed by atoms with van der Waals surface area (Å²) in [7, 11) is 0. The zero-order valence-electron chi connectivity index (χ0n) is 10.1. The molecule has 1 aromatic rings. The summed E-state index contributed by atoms with van der Waals surface area (Å²) < 4.78 is 0. The van der Waals surface area contributed by atoms with Crippen molar-refractivity contribution in [1.82, 2.24) is 0 Å². The number of ketones is 1. The van der Waals surface area contributed by atoms with Crippen molar-refractivity contribution in [2.75, 3.05) is 0 Å². The highest BCUT2D eigenvalue weighted by Gasteiger charge is 2.07. The van der Waals surface area contributed by atoms with Crippen molar-refractivity contribution in [3.8, 4) is 0 Å². The van der Waals surface area contributed by atoms with Crippen LogP contribution in [0.4, 0.5) is 0 Å². The molecule has 15 heavy (non-hydrogen) atoms. The molecule has 2 nitrogen and oxygen atoms in total. The molecule has 0 aromatic heterocycles. The quantitative estimate of drug-likeness (QED) is 0.827. The third kappa shape index (κ3) is 5.33. The highest BCUT2D eigenvalue weighted by Crippen LogP contribution is 2.05. The van der Waals surface area contributed by atoms with Crippen LogP contribution in [0.25, 0.3) is 0 Å². The summed E-state index contributed by atoms with van der Waals surface area (Å²) in [5.41, 5.74) is 7.98. The topological polar surface area (TPSA) is 43.1 Å². The molecule has 1 aromatic carbocycles. The molecule has 2 heteroatoms.